The number of nitrogens with two attached hydrogens (primary N) is 1. The smallest absolute Gasteiger partial charge is 0.0342 e. The van der Waals surface area contributed by atoms with Crippen LogP contribution in [0.5, 0.6) is 0 Å². The van der Waals surface area contributed by atoms with Crippen LogP contribution in [-0.2, 0) is 6.54 Å². The molecule has 1 fully saturated rings. The van der Waals surface area contributed by atoms with Gasteiger partial charge in [0, 0.05) is 18.3 Å². The van der Waals surface area contributed by atoms with Crippen LogP contribution >= 0.6 is 24.8 Å². The first kappa shape index (κ1) is 15.6. The van der Waals surface area contributed by atoms with Gasteiger partial charge in [0.2, 0.25) is 0 Å². The van der Waals surface area contributed by atoms with Crippen molar-refractivity contribution >= 4 is 30.5 Å². The average Bonchev–Trinajstić information content (AvgIpc) is 2.72. The topological polar surface area (TPSA) is 38.0 Å². The molecule has 0 atom stereocenters. The van der Waals surface area contributed by atoms with E-state index in [2.05, 4.69) is 29.6 Å². The highest BCUT2D eigenvalue weighted by Gasteiger charge is 2.13. The lowest BCUT2D eigenvalue weighted by molar-refractivity contribution is 0.755. The predicted molar refractivity (Wildman–Crippen MR) is 74.7 cm³/mol. The van der Waals surface area contributed by atoms with Gasteiger partial charge in [-0.1, -0.05) is 25.0 Å². The van der Waals surface area contributed by atoms with Gasteiger partial charge < -0.3 is 11.1 Å². The summed E-state index contributed by atoms with van der Waals surface area (Å²) in [5, 5.41) is 3.55. The van der Waals surface area contributed by atoms with E-state index in [1.165, 1.54) is 36.9 Å². The molecule has 0 bridgehead atoms. The number of rotatable bonds is 3. The van der Waals surface area contributed by atoms with Gasteiger partial charge in [-0.15, -0.1) is 24.8 Å². The zero-order valence-electron chi connectivity index (χ0n) is 9.32. The van der Waals surface area contributed by atoms with Crippen LogP contribution in [0.15, 0.2) is 24.3 Å². The Morgan fingerprint density at radius 2 is 1.62 bits per heavy atom. The maximum absolute atomic E-state index is 5.54. The van der Waals surface area contributed by atoms with Gasteiger partial charge in [-0.2, -0.15) is 0 Å². The second-order valence-corrected chi connectivity index (χ2v) is 4.03. The van der Waals surface area contributed by atoms with Crippen LogP contribution in [0.1, 0.15) is 31.2 Å². The second kappa shape index (κ2) is 7.77. The molecule has 1 saturated carbocycles. The molecule has 3 N–H and O–H groups in total. The molecule has 1 aliphatic rings. The van der Waals surface area contributed by atoms with Crippen molar-refractivity contribution in [2.45, 2.75) is 38.3 Å². The third-order valence-corrected chi connectivity index (χ3v) is 2.92. The molecular weight excluding hydrogens is 243 g/mol. The summed E-state index contributed by atoms with van der Waals surface area (Å²) in [5.74, 6) is 0. The maximum atomic E-state index is 5.54. The predicted octanol–water partition coefficient (Wildman–Crippen LogP) is 3.34. The van der Waals surface area contributed by atoms with E-state index in [1.807, 2.05) is 0 Å². The fourth-order valence-electron chi connectivity index (χ4n) is 2.04. The van der Waals surface area contributed by atoms with E-state index < -0.39 is 0 Å². The lowest BCUT2D eigenvalue weighted by atomic mass is 10.2. The summed E-state index contributed by atoms with van der Waals surface area (Å²) in [4.78, 5) is 0. The number of hydrogen-bond donors (Lipinski definition) is 2. The van der Waals surface area contributed by atoms with Crippen LogP contribution < -0.4 is 11.1 Å². The Morgan fingerprint density at radius 1 is 1.06 bits per heavy atom. The highest BCUT2D eigenvalue weighted by Crippen LogP contribution is 2.22. The molecule has 0 saturated heterocycles. The lowest BCUT2D eigenvalue weighted by Gasteiger charge is -2.13. The van der Waals surface area contributed by atoms with Crippen molar-refractivity contribution in [3.8, 4) is 0 Å². The van der Waals surface area contributed by atoms with Crippen LogP contribution in [0.4, 0.5) is 5.69 Å². The molecule has 2 nitrogen and oxygen atoms in total. The Labute approximate surface area is 110 Å². The Hall–Kier alpha value is -0.440. The lowest BCUT2D eigenvalue weighted by Crippen LogP contribution is -2.14. The van der Waals surface area contributed by atoms with Crippen molar-refractivity contribution in [2.75, 3.05) is 5.32 Å². The van der Waals surface area contributed by atoms with Gasteiger partial charge in [-0.25, -0.2) is 0 Å². The van der Waals surface area contributed by atoms with E-state index >= 15 is 0 Å². The summed E-state index contributed by atoms with van der Waals surface area (Å²) >= 11 is 0. The first-order valence-corrected chi connectivity index (χ1v) is 5.44. The first-order valence-electron chi connectivity index (χ1n) is 5.44. The Bertz CT molecular complexity index is 282. The molecular formula is C12H20Cl2N2. The largest absolute Gasteiger partial charge is 0.382 e. The third-order valence-electron chi connectivity index (χ3n) is 2.92. The number of anilines is 1. The van der Waals surface area contributed by atoms with Crippen LogP contribution in [0.3, 0.4) is 0 Å². The molecule has 4 heteroatoms. The van der Waals surface area contributed by atoms with E-state index in [4.69, 9.17) is 5.73 Å². The summed E-state index contributed by atoms with van der Waals surface area (Å²) in [5.41, 5.74) is 7.97. The summed E-state index contributed by atoms with van der Waals surface area (Å²) < 4.78 is 0. The molecule has 0 unspecified atom stereocenters. The molecule has 1 aromatic rings. The van der Waals surface area contributed by atoms with Gasteiger partial charge >= 0.3 is 0 Å². The van der Waals surface area contributed by atoms with Gasteiger partial charge in [-0.05, 0) is 30.5 Å². The van der Waals surface area contributed by atoms with Crippen molar-refractivity contribution in [2.24, 2.45) is 5.73 Å². The molecule has 0 heterocycles. The molecule has 1 aromatic carbocycles. The van der Waals surface area contributed by atoms with Crippen LogP contribution in [0.25, 0.3) is 0 Å². The van der Waals surface area contributed by atoms with Crippen molar-refractivity contribution < 1.29 is 0 Å². The maximum Gasteiger partial charge on any atom is 0.0342 e. The molecule has 0 radical (unpaired) electrons. The minimum absolute atomic E-state index is 0. The first-order chi connectivity index (χ1) is 6.88. The molecule has 0 amide bonds. The fraction of sp³-hybridized carbons (Fsp3) is 0.500. The molecule has 0 aromatic heterocycles. The van der Waals surface area contributed by atoms with Crippen LogP contribution in [0.2, 0.25) is 0 Å². The molecule has 92 valence electrons. The number of hydrogen-bond acceptors (Lipinski definition) is 2. The van der Waals surface area contributed by atoms with E-state index in [9.17, 15) is 0 Å². The molecule has 0 spiro atoms. The van der Waals surface area contributed by atoms with Gasteiger partial charge in [0.1, 0.15) is 0 Å². The molecule has 1 aliphatic carbocycles. The minimum atomic E-state index is 0. The monoisotopic (exact) mass is 262 g/mol. The standard InChI is InChI=1S/C12H18N2.2ClH/c13-9-10-5-7-12(8-6-10)14-11-3-1-2-4-11;;/h5-8,11,14H,1-4,9,13H2;2*1H. The SMILES string of the molecule is Cl.Cl.NCc1ccc(NC2CCCC2)cc1. The minimum Gasteiger partial charge on any atom is -0.382 e. The highest BCUT2D eigenvalue weighted by molar-refractivity contribution is 5.85. The zero-order chi connectivity index (χ0) is 9.80. The van der Waals surface area contributed by atoms with Gasteiger partial charge in [0.15, 0.2) is 0 Å². The average molecular weight is 263 g/mol. The molecule has 0 aliphatic heterocycles. The van der Waals surface area contributed by atoms with Crippen molar-refractivity contribution in [3.05, 3.63) is 29.8 Å². The number of benzene rings is 1. The van der Waals surface area contributed by atoms with E-state index in [-0.39, 0.29) is 24.8 Å². The fourth-order valence-corrected chi connectivity index (χ4v) is 2.04. The van der Waals surface area contributed by atoms with Gasteiger partial charge in [0.25, 0.3) is 0 Å². The zero-order valence-corrected chi connectivity index (χ0v) is 10.9. The second-order valence-electron chi connectivity index (χ2n) is 4.03. The summed E-state index contributed by atoms with van der Waals surface area (Å²) in [6, 6.07) is 9.13. The Kier molecular flexibility index (Phi) is 7.56. The van der Waals surface area contributed by atoms with E-state index in [0.717, 1.165) is 0 Å². The van der Waals surface area contributed by atoms with E-state index in [0.29, 0.717) is 12.6 Å². The van der Waals surface area contributed by atoms with E-state index in [1.54, 1.807) is 0 Å². The van der Waals surface area contributed by atoms with Crippen molar-refractivity contribution in [1.82, 2.24) is 0 Å². The quantitative estimate of drug-likeness (QED) is 0.877. The van der Waals surface area contributed by atoms with Crippen LogP contribution in [0, 0.1) is 0 Å². The van der Waals surface area contributed by atoms with Crippen molar-refractivity contribution in [3.63, 3.8) is 0 Å². The summed E-state index contributed by atoms with van der Waals surface area (Å²) in [7, 11) is 0. The van der Waals surface area contributed by atoms with Crippen molar-refractivity contribution in [1.29, 1.82) is 0 Å². The number of nitrogens with one attached hydrogen (secondary N) is 1. The molecule has 2 rings (SSSR count). The Morgan fingerprint density at radius 3 is 2.12 bits per heavy atom. The molecule has 16 heavy (non-hydrogen) atoms. The number of halogens is 2. The normalized spacial score (nSPS) is 15.1. The van der Waals surface area contributed by atoms with Crippen LogP contribution in [-0.4, -0.2) is 6.04 Å². The Balaban J connectivity index is 0.00000112. The summed E-state index contributed by atoms with van der Waals surface area (Å²) in [6.07, 6.45) is 5.38. The van der Waals surface area contributed by atoms with Gasteiger partial charge in [-0.3, -0.25) is 0 Å². The highest BCUT2D eigenvalue weighted by atomic mass is 35.5. The third kappa shape index (κ3) is 4.20. The summed E-state index contributed by atoms with van der Waals surface area (Å²) in [6.45, 7) is 0.629. The van der Waals surface area contributed by atoms with Gasteiger partial charge in [0.05, 0.1) is 0 Å².